The number of sulfonamides is 1. The SMILES string of the molecule is COc1ccc2c(c1)N(S(=O)(=O)Cc1cc(C)no1)CCC2. The molecule has 118 valence electrons. The number of fused-ring (bicyclic) bond motifs is 1. The van der Waals surface area contributed by atoms with Crippen molar-refractivity contribution in [2.75, 3.05) is 18.0 Å². The Morgan fingerprint density at radius 3 is 2.86 bits per heavy atom. The Labute approximate surface area is 129 Å². The van der Waals surface area contributed by atoms with E-state index in [1.165, 1.54) is 4.31 Å². The molecule has 0 N–H and O–H groups in total. The first-order valence-electron chi connectivity index (χ1n) is 7.09. The van der Waals surface area contributed by atoms with E-state index in [9.17, 15) is 8.42 Å². The molecule has 1 aromatic heterocycles. The number of ether oxygens (including phenoxy) is 1. The van der Waals surface area contributed by atoms with Crippen LogP contribution in [0.1, 0.15) is 23.4 Å². The molecule has 1 aromatic carbocycles. The Hall–Kier alpha value is -2.02. The van der Waals surface area contributed by atoms with Gasteiger partial charge in [-0.15, -0.1) is 0 Å². The fraction of sp³-hybridized carbons (Fsp3) is 0.400. The number of aryl methyl sites for hydroxylation is 2. The van der Waals surface area contributed by atoms with E-state index < -0.39 is 10.0 Å². The highest BCUT2D eigenvalue weighted by Gasteiger charge is 2.29. The van der Waals surface area contributed by atoms with Crippen LogP contribution in [0.5, 0.6) is 5.75 Å². The molecule has 1 aliphatic rings. The van der Waals surface area contributed by atoms with Gasteiger partial charge in [-0.05, 0) is 31.4 Å². The van der Waals surface area contributed by atoms with Gasteiger partial charge in [0.05, 0.1) is 18.5 Å². The van der Waals surface area contributed by atoms with Crippen LogP contribution in [0.2, 0.25) is 0 Å². The minimum Gasteiger partial charge on any atom is -0.497 e. The summed E-state index contributed by atoms with van der Waals surface area (Å²) in [4.78, 5) is 0. The second kappa shape index (κ2) is 5.64. The molecular weight excluding hydrogens is 304 g/mol. The number of nitrogens with zero attached hydrogens (tertiary/aromatic N) is 2. The van der Waals surface area contributed by atoms with Crippen LogP contribution < -0.4 is 9.04 Å². The van der Waals surface area contributed by atoms with Gasteiger partial charge >= 0.3 is 0 Å². The van der Waals surface area contributed by atoms with Crippen molar-refractivity contribution in [3.05, 3.63) is 41.3 Å². The lowest BCUT2D eigenvalue weighted by Gasteiger charge is -2.30. The molecule has 2 heterocycles. The number of benzene rings is 1. The van der Waals surface area contributed by atoms with E-state index in [1.807, 2.05) is 12.1 Å². The van der Waals surface area contributed by atoms with Crippen LogP contribution in [0.25, 0.3) is 0 Å². The highest BCUT2D eigenvalue weighted by atomic mass is 32.2. The van der Waals surface area contributed by atoms with Crippen molar-refractivity contribution in [3.8, 4) is 5.75 Å². The molecule has 0 saturated carbocycles. The lowest BCUT2D eigenvalue weighted by molar-refractivity contribution is 0.388. The Bertz CT molecular complexity index is 783. The predicted molar refractivity (Wildman–Crippen MR) is 82.5 cm³/mol. The summed E-state index contributed by atoms with van der Waals surface area (Å²) in [6, 6.07) is 7.20. The first-order chi connectivity index (χ1) is 10.5. The van der Waals surface area contributed by atoms with Crippen molar-refractivity contribution in [1.29, 1.82) is 0 Å². The summed E-state index contributed by atoms with van der Waals surface area (Å²) in [5.41, 5.74) is 2.39. The van der Waals surface area contributed by atoms with Crippen LogP contribution in [0.3, 0.4) is 0 Å². The molecule has 0 bridgehead atoms. The highest BCUT2D eigenvalue weighted by Crippen LogP contribution is 2.33. The zero-order valence-electron chi connectivity index (χ0n) is 12.6. The van der Waals surface area contributed by atoms with Gasteiger partial charge in [-0.1, -0.05) is 11.2 Å². The summed E-state index contributed by atoms with van der Waals surface area (Å²) in [5, 5.41) is 3.74. The minimum atomic E-state index is -3.52. The molecule has 0 amide bonds. The standard InChI is InChI=1S/C15H18N2O4S/c1-11-8-14(21-16-11)10-22(18,19)17-7-3-4-12-5-6-13(20-2)9-15(12)17/h5-6,8-9H,3-4,7,10H2,1-2H3. The molecule has 0 aliphatic carbocycles. The quantitative estimate of drug-likeness (QED) is 0.863. The summed E-state index contributed by atoms with van der Waals surface area (Å²) in [7, 11) is -1.95. The first-order valence-corrected chi connectivity index (χ1v) is 8.70. The van der Waals surface area contributed by atoms with E-state index in [2.05, 4.69) is 5.16 Å². The van der Waals surface area contributed by atoms with Crippen molar-refractivity contribution >= 4 is 15.7 Å². The van der Waals surface area contributed by atoms with Crippen LogP contribution in [-0.2, 0) is 22.2 Å². The van der Waals surface area contributed by atoms with Gasteiger partial charge < -0.3 is 9.26 Å². The molecular formula is C15H18N2O4S. The Morgan fingerprint density at radius 1 is 1.36 bits per heavy atom. The third-order valence-corrected chi connectivity index (χ3v) is 5.41. The molecule has 0 unspecified atom stereocenters. The molecule has 0 radical (unpaired) electrons. The first kappa shape index (κ1) is 14.9. The minimum absolute atomic E-state index is 0.190. The van der Waals surface area contributed by atoms with Crippen LogP contribution in [0.4, 0.5) is 5.69 Å². The summed E-state index contributed by atoms with van der Waals surface area (Å²) in [6.07, 6.45) is 1.67. The zero-order chi connectivity index (χ0) is 15.7. The predicted octanol–water partition coefficient (Wildman–Crippen LogP) is 2.27. The molecule has 0 saturated heterocycles. The number of anilines is 1. The molecule has 0 fully saturated rings. The monoisotopic (exact) mass is 322 g/mol. The van der Waals surface area contributed by atoms with Crippen LogP contribution >= 0.6 is 0 Å². The molecule has 22 heavy (non-hydrogen) atoms. The molecule has 7 heteroatoms. The number of aromatic nitrogens is 1. The maximum Gasteiger partial charge on any atom is 0.242 e. The zero-order valence-corrected chi connectivity index (χ0v) is 13.4. The van der Waals surface area contributed by atoms with E-state index in [0.717, 1.165) is 18.4 Å². The van der Waals surface area contributed by atoms with Crippen molar-refractivity contribution in [1.82, 2.24) is 5.16 Å². The Kier molecular flexibility index (Phi) is 3.82. The fourth-order valence-corrected chi connectivity index (χ4v) is 4.21. The Balaban J connectivity index is 1.95. The molecule has 0 spiro atoms. The number of rotatable bonds is 4. The van der Waals surface area contributed by atoms with Gasteiger partial charge in [0.25, 0.3) is 0 Å². The average molecular weight is 322 g/mol. The molecule has 1 aliphatic heterocycles. The number of hydrogen-bond acceptors (Lipinski definition) is 5. The lowest BCUT2D eigenvalue weighted by Crippen LogP contribution is -2.36. The summed E-state index contributed by atoms with van der Waals surface area (Å²) >= 11 is 0. The van der Waals surface area contributed by atoms with Gasteiger partial charge in [0.2, 0.25) is 10.0 Å². The number of methoxy groups -OCH3 is 1. The summed E-state index contributed by atoms with van der Waals surface area (Å²) in [5.74, 6) is 0.814. The fourth-order valence-electron chi connectivity index (χ4n) is 2.68. The van der Waals surface area contributed by atoms with Crippen molar-refractivity contribution < 1.29 is 17.7 Å². The van der Waals surface area contributed by atoms with E-state index >= 15 is 0 Å². The van der Waals surface area contributed by atoms with Crippen LogP contribution in [-0.4, -0.2) is 27.2 Å². The van der Waals surface area contributed by atoms with Gasteiger partial charge in [0.1, 0.15) is 11.5 Å². The topological polar surface area (TPSA) is 72.6 Å². The molecule has 3 rings (SSSR count). The summed E-state index contributed by atoms with van der Waals surface area (Å²) in [6.45, 7) is 2.23. The second-order valence-corrected chi connectivity index (χ2v) is 7.25. The van der Waals surface area contributed by atoms with E-state index in [0.29, 0.717) is 29.4 Å². The normalized spacial score (nSPS) is 14.7. The molecule has 6 nitrogen and oxygen atoms in total. The largest absolute Gasteiger partial charge is 0.497 e. The van der Waals surface area contributed by atoms with Crippen LogP contribution in [0.15, 0.2) is 28.8 Å². The highest BCUT2D eigenvalue weighted by molar-refractivity contribution is 7.92. The van der Waals surface area contributed by atoms with E-state index in [4.69, 9.17) is 9.26 Å². The maximum atomic E-state index is 12.7. The van der Waals surface area contributed by atoms with Gasteiger partial charge in [-0.2, -0.15) is 0 Å². The molecule has 0 atom stereocenters. The Morgan fingerprint density at radius 2 is 2.18 bits per heavy atom. The van der Waals surface area contributed by atoms with Gasteiger partial charge in [-0.3, -0.25) is 4.31 Å². The third kappa shape index (κ3) is 2.81. The molecule has 2 aromatic rings. The van der Waals surface area contributed by atoms with E-state index in [1.54, 1.807) is 26.2 Å². The maximum absolute atomic E-state index is 12.7. The van der Waals surface area contributed by atoms with Crippen molar-refractivity contribution in [3.63, 3.8) is 0 Å². The smallest absolute Gasteiger partial charge is 0.242 e. The average Bonchev–Trinajstić information content (AvgIpc) is 2.90. The summed E-state index contributed by atoms with van der Waals surface area (Å²) < 4.78 is 37.2. The van der Waals surface area contributed by atoms with E-state index in [-0.39, 0.29) is 5.75 Å². The van der Waals surface area contributed by atoms with Gasteiger partial charge in [0, 0.05) is 18.7 Å². The number of hydrogen-bond donors (Lipinski definition) is 0. The van der Waals surface area contributed by atoms with Gasteiger partial charge in [-0.25, -0.2) is 8.42 Å². The van der Waals surface area contributed by atoms with Crippen molar-refractivity contribution in [2.24, 2.45) is 0 Å². The van der Waals surface area contributed by atoms with Crippen molar-refractivity contribution in [2.45, 2.75) is 25.5 Å². The second-order valence-electron chi connectivity index (χ2n) is 5.36. The third-order valence-electron chi connectivity index (χ3n) is 3.71. The lowest BCUT2D eigenvalue weighted by atomic mass is 10.0. The van der Waals surface area contributed by atoms with Gasteiger partial charge in [0.15, 0.2) is 5.76 Å². The van der Waals surface area contributed by atoms with Crippen LogP contribution in [0, 0.1) is 6.92 Å².